The van der Waals surface area contributed by atoms with Gasteiger partial charge >= 0.3 is 0 Å². The number of nitrogens with zero attached hydrogens (tertiary/aromatic N) is 4. The lowest BCUT2D eigenvalue weighted by Crippen LogP contribution is -2.29. The van der Waals surface area contributed by atoms with Gasteiger partial charge in [-0.25, -0.2) is 9.07 Å². The van der Waals surface area contributed by atoms with E-state index in [2.05, 4.69) is 48.2 Å². The fourth-order valence-electron chi connectivity index (χ4n) is 4.59. The summed E-state index contributed by atoms with van der Waals surface area (Å²) in [5.74, 6) is 0.412. The number of rotatable bonds is 9. The Labute approximate surface area is 190 Å². The minimum Gasteiger partial charge on any atom is -0.383 e. The van der Waals surface area contributed by atoms with Crippen LogP contribution < -0.4 is 0 Å². The van der Waals surface area contributed by atoms with Crippen LogP contribution in [0.3, 0.4) is 0 Å². The number of aromatic nitrogens is 2. The first kappa shape index (κ1) is 22.6. The van der Waals surface area contributed by atoms with E-state index in [-0.39, 0.29) is 5.82 Å². The highest BCUT2D eigenvalue weighted by molar-refractivity contribution is 5.63. The van der Waals surface area contributed by atoms with Crippen molar-refractivity contribution >= 4 is 0 Å². The summed E-state index contributed by atoms with van der Waals surface area (Å²) >= 11 is 0. The maximum atomic E-state index is 14.0. The highest BCUT2D eigenvalue weighted by Crippen LogP contribution is 2.26. The smallest absolute Gasteiger partial charge is 0.123 e. The first-order valence-electron chi connectivity index (χ1n) is 11.3. The second-order valence-corrected chi connectivity index (χ2v) is 8.94. The molecular weight excluding hydrogens is 403 g/mol. The Hall–Kier alpha value is -2.54. The minimum atomic E-state index is -0.242. The van der Waals surface area contributed by atoms with Gasteiger partial charge in [0.1, 0.15) is 5.82 Å². The SMILES string of the molecule is COCCN1CC[C@@H](CN(C)Cc2cn(-c3cccc(C)c3)nc2-c2cccc(F)c2)C1. The topological polar surface area (TPSA) is 33.5 Å². The fraction of sp³-hybridized carbons (Fsp3) is 0.423. The molecule has 170 valence electrons. The van der Waals surface area contributed by atoms with Crippen molar-refractivity contribution in [3.8, 4) is 16.9 Å². The summed E-state index contributed by atoms with van der Waals surface area (Å²) in [7, 11) is 3.92. The molecule has 0 bridgehead atoms. The minimum absolute atomic E-state index is 0.242. The lowest BCUT2D eigenvalue weighted by molar-refractivity contribution is 0.157. The maximum absolute atomic E-state index is 14.0. The summed E-state index contributed by atoms with van der Waals surface area (Å²) < 4.78 is 21.1. The number of hydrogen-bond donors (Lipinski definition) is 0. The molecule has 5 nitrogen and oxygen atoms in total. The molecule has 0 N–H and O–H groups in total. The zero-order valence-corrected chi connectivity index (χ0v) is 19.3. The molecule has 1 saturated heterocycles. The van der Waals surface area contributed by atoms with Gasteiger partial charge in [-0.15, -0.1) is 0 Å². The normalized spacial score (nSPS) is 16.8. The second-order valence-electron chi connectivity index (χ2n) is 8.94. The molecule has 0 saturated carbocycles. The zero-order chi connectivity index (χ0) is 22.5. The third kappa shape index (κ3) is 5.63. The molecule has 0 amide bonds. The Morgan fingerprint density at radius 1 is 1.19 bits per heavy atom. The van der Waals surface area contributed by atoms with E-state index in [4.69, 9.17) is 9.84 Å². The average molecular weight is 437 g/mol. The Kier molecular flexibility index (Phi) is 7.35. The molecule has 2 heterocycles. The molecule has 1 aliphatic heterocycles. The standard InChI is InChI=1S/C26H33FN4O/c1-20-6-4-9-25(14-20)31-19-23(26(28-31)22-7-5-8-24(27)15-22)18-29(2)16-21-10-11-30(17-21)12-13-32-3/h4-9,14-15,19,21H,10-13,16-18H2,1-3H3/t21-/m0/s1. The largest absolute Gasteiger partial charge is 0.383 e. The fourth-order valence-corrected chi connectivity index (χ4v) is 4.59. The number of aryl methyl sites for hydroxylation is 1. The summed E-state index contributed by atoms with van der Waals surface area (Å²) in [5, 5.41) is 4.86. The Morgan fingerprint density at radius 2 is 2.03 bits per heavy atom. The summed E-state index contributed by atoms with van der Waals surface area (Å²) in [6.45, 7) is 7.93. The molecule has 6 heteroatoms. The van der Waals surface area contributed by atoms with Gasteiger partial charge in [-0.1, -0.05) is 24.3 Å². The molecule has 1 fully saturated rings. The molecule has 32 heavy (non-hydrogen) atoms. The molecule has 1 aliphatic rings. The Morgan fingerprint density at radius 3 is 2.81 bits per heavy atom. The summed E-state index contributed by atoms with van der Waals surface area (Å²) in [6.07, 6.45) is 3.30. The van der Waals surface area contributed by atoms with Crippen LogP contribution in [0.15, 0.2) is 54.7 Å². The third-order valence-corrected chi connectivity index (χ3v) is 6.15. The molecule has 4 rings (SSSR count). The van der Waals surface area contributed by atoms with Crippen molar-refractivity contribution in [3.05, 3.63) is 71.7 Å². The van der Waals surface area contributed by atoms with Crippen LogP contribution >= 0.6 is 0 Å². The van der Waals surface area contributed by atoms with Crippen molar-refractivity contribution in [2.24, 2.45) is 5.92 Å². The summed E-state index contributed by atoms with van der Waals surface area (Å²) in [4.78, 5) is 4.85. The molecule has 0 spiro atoms. The first-order valence-corrected chi connectivity index (χ1v) is 11.3. The van der Waals surface area contributed by atoms with E-state index < -0.39 is 0 Å². The molecule has 2 aromatic carbocycles. The number of ether oxygens (including phenoxy) is 1. The predicted molar refractivity (Wildman–Crippen MR) is 126 cm³/mol. The number of likely N-dealkylation sites (tertiary alicyclic amines) is 1. The van der Waals surface area contributed by atoms with Gasteiger partial charge in [-0.2, -0.15) is 5.10 Å². The van der Waals surface area contributed by atoms with Crippen LogP contribution in [0.25, 0.3) is 16.9 Å². The third-order valence-electron chi connectivity index (χ3n) is 6.15. The molecule has 0 radical (unpaired) electrons. The monoisotopic (exact) mass is 436 g/mol. The van der Waals surface area contributed by atoms with Crippen LogP contribution in [-0.4, -0.2) is 66.5 Å². The first-order chi connectivity index (χ1) is 15.5. The molecule has 0 aliphatic carbocycles. The molecule has 0 unspecified atom stereocenters. The van der Waals surface area contributed by atoms with Crippen molar-refractivity contribution in [3.63, 3.8) is 0 Å². The van der Waals surface area contributed by atoms with Gasteiger partial charge in [0.15, 0.2) is 0 Å². The predicted octanol–water partition coefficient (Wildman–Crippen LogP) is 4.39. The van der Waals surface area contributed by atoms with Gasteiger partial charge in [0, 0.05) is 50.6 Å². The van der Waals surface area contributed by atoms with Crippen LogP contribution in [-0.2, 0) is 11.3 Å². The molecule has 1 atom stereocenters. The highest BCUT2D eigenvalue weighted by atomic mass is 19.1. The van der Waals surface area contributed by atoms with E-state index in [0.717, 1.165) is 61.8 Å². The van der Waals surface area contributed by atoms with Crippen molar-refractivity contribution in [1.82, 2.24) is 19.6 Å². The van der Waals surface area contributed by atoms with E-state index in [0.29, 0.717) is 5.92 Å². The quantitative estimate of drug-likeness (QED) is 0.498. The van der Waals surface area contributed by atoms with Crippen LogP contribution in [0.4, 0.5) is 4.39 Å². The van der Waals surface area contributed by atoms with E-state index in [1.165, 1.54) is 18.1 Å². The number of halogens is 1. The van der Waals surface area contributed by atoms with E-state index in [1.54, 1.807) is 19.2 Å². The van der Waals surface area contributed by atoms with Gasteiger partial charge in [0.05, 0.1) is 18.0 Å². The van der Waals surface area contributed by atoms with Gasteiger partial charge < -0.3 is 14.5 Å². The second kappa shape index (κ2) is 10.4. The van der Waals surface area contributed by atoms with E-state index in [1.807, 2.05) is 16.8 Å². The number of hydrogen-bond acceptors (Lipinski definition) is 4. The van der Waals surface area contributed by atoms with Gasteiger partial charge in [0.25, 0.3) is 0 Å². The van der Waals surface area contributed by atoms with Crippen molar-refractivity contribution < 1.29 is 9.13 Å². The van der Waals surface area contributed by atoms with Crippen LogP contribution in [0.1, 0.15) is 17.5 Å². The van der Waals surface area contributed by atoms with Crippen LogP contribution in [0.5, 0.6) is 0 Å². The number of methoxy groups -OCH3 is 1. The van der Waals surface area contributed by atoms with Crippen LogP contribution in [0, 0.1) is 18.7 Å². The Bertz CT molecular complexity index is 1030. The zero-order valence-electron chi connectivity index (χ0n) is 19.3. The Balaban J connectivity index is 1.53. The van der Waals surface area contributed by atoms with Crippen molar-refractivity contribution in [2.45, 2.75) is 19.9 Å². The van der Waals surface area contributed by atoms with Gasteiger partial charge in [-0.05, 0) is 62.7 Å². The maximum Gasteiger partial charge on any atom is 0.123 e. The molecule has 3 aromatic rings. The highest BCUT2D eigenvalue weighted by Gasteiger charge is 2.24. The van der Waals surface area contributed by atoms with Crippen molar-refractivity contribution in [2.75, 3.05) is 46.9 Å². The number of benzene rings is 2. The van der Waals surface area contributed by atoms with Gasteiger partial charge in [0.2, 0.25) is 0 Å². The summed E-state index contributed by atoms with van der Waals surface area (Å²) in [5.41, 5.74) is 4.95. The summed E-state index contributed by atoms with van der Waals surface area (Å²) in [6, 6.07) is 15.0. The van der Waals surface area contributed by atoms with Crippen molar-refractivity contribution in [1.29, 1.82) is 0 Å². The van der Waals surface area contributed by atoms with E-state index in [9.17, 15) is 4.39 Å². The van der Waals surface area contributed by atoms with Gasteiger partial charge in [-0.3, -0.25) is 0 Å². The molecule has 1 aromatic heterocycles. The molecular formula is C26H33FN4O. The van der Waals surface area contributed by atoms with E-state index >= 15 is 0 Å². The van der Waals surface area contributed by atoms with Crippen LogP contribution in [0.2, 0.25) is 0 Å². The lowest BCUT2D eigenvalue weighted by atomic mass is 10.1. The lowest BCUT2D eigenvalue weighted by Gasteiger charge is -2.21. The average Bonchev–Trinajstić information content (AvgIpc) is 3.39.